The summed E-state index contributed by atoms with van der Waals surface area (Å²) >= 11 is 3.67. The van der Waals surface area contributed by atoms with Crippen LogP contribution in [0.1, 0.15) is 24.0 Å². The van der Waals surface area contributed by atoms with Gasteiger partial charge in [0, 0.05) is 31.1 Å². The van der Waals surface area contributed by atoms with Crippen molar-refractivity contribution in [2.75, 3.05) is 13.2 Å². The summed E-state index contributed by atoms with van der Waals surface area (Å²) in [4.78, 5) is 42.1. The van der Waals surface area contributed by atoms with Gasteiger partial charge >= 0.3 is 0 Å². The van der Waals surface area contributed by atoms with Crippen molar-refractivity contribution in [2.45, 2.75) is 48.5 Å². The average Bonchev–Trinajstić information content (AvgIpc) is 3.49. The first-order valence-corrected chi connectivity index (χ1v) is 13.2. The number of nitrogens with one attached hydrogen (secondary N) is 2. The van der Waals surface area contributed by atoms with Gasteiger partial charge in [-0.1, -0.05) is 76.6 Å². The van der Waals surface area contributed by atoms with Crippen LogP contribution in [0.4, 0.5) is 0 Å². The molecule has 0 aromatic heterocycles. The van der Waals surface area contributed by atoms with Gasteiger partial charge in [0.2, 0.25) is 17.7 Å². The molecule has 3 amide bonds. The molecule has 3 saturated heterocycles. The Morgan fingerprint density at radius 3 is 2.17 bits per heavy atom. The smallest absolute Gasteiger partial charge is 0.246 e. The van der Waals surface area contributed by atoms with E-state index in [1.54, 1.807) is 0 Å². The van der Waals surface area contributed by atoms with Crippen LogP contribution in [0.3, 0.4) is 0 Å². The van der Waals surface area contributed by atoms with Crippen molar-refractivity contribution < 1.29 is 24.2 Å². The van der Waals surface area contributed by atoms with Gasteiger partial charge in [0.1, 0.15) is 11.6 Å². The lowest BCUT2D eigenvalue weighted by Gasteiger charge is -2.34. The summed E-state index contributed by atoms with van der Waals surface area (Å²) in [5, 5.41) is 15.4. The van der Waals surface area contributed by atoms with Crippen LogP contribution in [0.5, 0.6) is 0 Å². The number of benzene rings is 2. The fraction of sp³-hybridized carbons (Fsp3) is 0.444. The number of ether oxygens (including phenoxy) is 1. The molecule has 9 heteroatoms. The minimum Gasteiger partial charge on any atom is -0.396 e. The van der Waals surface area contributed by atoms with Crippen LogP contribution in [0.15, 0.2) is 60.7 Å². The Hall–Kier alpha value is -2.75. The van der Waals surface area contributed by atoms with E-state index in [1.807, 2.05) is 60.7 Å². The number of aliphatic hydroxyl groups excluding tert-OH is 1. The van der Waals surface area contributed by atoms with E-state index in [9.17, 15) is 19.5 Å². The number of rotatable bonds is 9. The molecule has 3 aliphatic rings. The van der Waals surface area contributed by atoms with Crippen molar-refractivity contribution in [1.29, 1.82) is 0 Å². The highest BCUT2D eigenvalue weighted by molar-refractivity contribution is 9.09. The maximum Gasteiger partial charge on any atom is 0.246 e. The molecule has 0 aliphatic carbocycles. The van der Waals surface area contributed by atoms with Gasteiger partial charge in [-0.15, -0.1) is 0 Å². The van der Waals surface area contributed by atoms with Crippen molar-refractivity contribution in [3.8, 4) is 0 Å². The molecule has 3 N–H and O–H groups in total. The SMILES string of the molecule is O=C(NCc1ccccc1)C1N(CCCO)C(=O)[C@@H]2[C@H](C(=O)NCc3ccccc3)[C@H]3OC12CC3Br. The lowest BCUT2D eigenvalue weighted by molar-refractivity contribution is -0.142. The summed E-state index contributed by atoms with van der Waals surface area (Å²) in [6.45, 7) is 0.780. The molecule has 3 fully saturated rings. The summed E-state index contributed by atoms with van der Waals surface area (Å²) < 4.78 is 6.45. The first-order valence-electron chi connectivity index (χ1n) is 12.3. The van der Waals surface area contributed by atoms with E-state index in [0.717, 1.165) is 11.1 Å². The topological polar surface area (TPSA) is 108 Å². The Morgan fingerprint density at radius 1 is 1.00 bits per heavy atom. The molecule has 0 radical (unpaired) electrons. The number of carbonyl (C=O) groups excluding carboxylic acids is 3. The van der Waals surface area contributed by atoms with Gasteiger partial charge in [0.05, 0.1) is 17.9 Å². The number of hydrogen-bond acceptors (Lipinski definition) is 5. The zero-order chi connectivity index (χ0) is 25.3. The molecule has 190 valence electrons. The number of fused-ring (bicyclic) bond motifs is 1. The number of likely N-dealkylation sites (tertiary alicyclic amines) is 1. The van der Waals surface area contributed by atoms with Crippen LogP contribution in [0.25, 0.3) is 0 Å². The predicted molar refractivity (Wildman–Crippen MR) is 136 cm³/mol. The number of aliphatic hydroxyl groups is 1. The van der Waals surface area contributed by atoms with Gasteiger partial charge < -0.3 is 25.4 Å². The van der Waals surface area contributed by atoms with Crippen LogP contribution in [0, 0.1) is 11.8 Å². The molecule has 36 heavy (non-hydrogen) atoms. The highest BCUT2D eigenvalue weighted by atomic mass is 79.9. The molecule has 5 rings (SSSR count). The van der Waals surface area contributed by atoms with E-state index in [1.165, 1.54) is 4.90 Å². The molecule has 2 aromatic carbocycles. The maximum atomic E-state index is 13.8. The molecule has 6 atom stereocenters. The van der Waals surface area contributed by atoms with E-state index < -0.39 is 29.6 Å². The zero-order valence-corrected chi connectivity index (χ0v) is 21.4. The molecule has 8 nitrogen and oxygen atoms in total. The van der Waals surface area contributed by atoms with Crippen molar-refractivity contribution in [3.63, 3.8) is 0 Å². The van der Waals surface area contributed by atoms with Gasteiger partial charge in [-0.05, 0) is 24.0 Å². The lowest BCUT2D eigenvalue weighted by atomic mass is 9.70. The first kappa shape index (κ1) is 24.9. The quantitative estimate of drug-likeness (QED) is 0.408. The fourth-order valence-electron chi connectivity index (χ4n) is 6.00. The normalized spacial score (nSPS) is 30.3. The van der Waals surface area contributed by atoms with E-state index in [-0.39, 0.29) is 35.7 Å². The lowest BCUT2D eigenvalue weighted by Crippen LogP contribution is -2.56. The second kappa shape index (κ2) is 10.3. The molecule has 2 bridgehead atoms. The zero-order valence-electron chi connectivity index (χ0n) is 19.8. The fourth-order valence-corrected chi connectivity index (χ4v) is 6.94. The van der Waals surface area contributed by atoms with Crippen LogP contribution in [-0.2, 0) is 32.2 Å². The number of amides is 3. The van der Waals surface area contributed by atoms with E-state index in [0.29, 0.717) is 25.9 Å². The molecule has 2 aromatic rings. The average molecular weight is 556 g/mol. The second-order valence-corrected chi connectivity index (χ2v) is 10.9. The monoisotopic (exact) mass is 555 g/mol. The Bertz CT molecular complexity index is 1120. The highest BCUT2D eigenvalue weighted by Gasteiger charge is 2.76. The minimum atomic E-state index is -1.10. The first-order chi connectivity index (χ1) is 17.5. The summed E-state index contributed by atoms with van der Waals surface area (Å²) in [5.74, 6) is -2.27. The Kier molecular flexibility index (Phi) is 7.14. The van der Waals surface area contributed by atoms with Crippen molar-refractivity contribution >= 4 is 33.7 Å². The summed E-state index contributed by atoms with van der Waals surface area (Å²) in [7, 11) is 0. The third-order valence-corrected chi connectivity index (χ3v) is 8.36. The molecular formula is C27H30BrN3O5. The van der Waals surface area contributed by atoms with E-state index >= 15 is 0 Å². The number of halogens is 1. The van der Waals surface area contributed by atoms with Crippen LogP contribution in [-0.4, -0.2) is 63.5 Å². The third kappa shape index (κ3) is 4.33. The molecular weight excluding hydrogens is 526 g/mol. The largest absolute Gasteiger partial charge is 0.396 e. The number of nitrogens with zero attached hydrogens (tertiary/aromatic N) is 1. The molecule has 0 saturated carbocycles. The van der Waals surface area contributed by atoms with Crippen molar-refractivity contribution in [2.24, 2.45) is 11.8 Å². The van der Waals surface area contributed by atoms with Gasteiger partial charge in [-0.3, -0.25) is 14.4 Å². The van der Waals surface area contributed by atoms with E-state index in [2.05, 4.69) is 26.6 Å². The summed E-state index contributed by atoms with van der Waals surface area (Å²) in [6.07, 6.45) is 0.290. The number of alkyl halides is 1. The predicted octanol–water partition coefficient (Wildman–Crippen LogP) is 1.75. The van der Waals surface area contributed by atoms with Crippen molar-refractivity contribution in [3.05, 3.63) is 71.8 Å². The molecule has 3 heterocycles. The summed E-state index contributed by atoms with van der Waals surface area (Å²) in [5.41, 5.74) is 0.806. The Morgan fingerprint density at radius 2 is 1.58 bits per heavy atom. The van der Waals surface area contributed by atoms with Crippen molar-refractivity contribution in [1.82, 2.24) is 15.5 Å². The minimum absolute atomic E-state index is 0.106. The Balaban J connectivity index is 1.40. The standard InChI is InChI=1S/C27H30BrN3O5/c28-19-14-27-21(20(22(19)36-27)24(33)29-15-17-8-3-1-4-9-17)26(35)31(12-7-13-32)23(27)25(34)30-16-18-10-5-2-6-11-18/h1-6,8-11,19-23,32H,7,12-16H2,(H,29,33)(H,30,34)/t19?,20-,21-,22-,23?,27?/m0/s1. The number of carbonyl (C=O) groups is 3. The molecule has 3 aliphatic heterocycles. The van der Waals surface area contributed by atoms with Gasteiger partial charge in [-0.25, -0.2) is 0 Å². The van der Waals surface area contributed by atoms with Gasteiger partial charge in [0.15, 0.2) is 0 Å². The second-order valence-electron chi connectivity index (χ2n) is 9.68. The highest BCUT2D eigenvalue weighted by Crippen LogP contribution is 2.60. The van der Waals surface area contributed by atoms with Gasteiger partial charge in [0.25, 0.3) is 0 Å². The Labute approximate surface area is 218 Å². The van der Waals surface area contributed by atoms with Crippen LogP contribution in [0.2, 0.25) is 0 Å². The van der Waals surface area contributed by atoms with E-state index in [4.69, 9.17) is 4.74 Å². The van der Waals surface area contributed by atoms with Crippen LogP contribution < -0.4 is 10.6 Å². The third-order valence-electron chi connectivity index (χ3n) is 7.52. The molecule has 1 spiro atoms. The maximum absolute atomic E-state index is 13.8. The van der Waals surface area contributed by atoms with Crippen LogP contribution >= 0.6 is 15.9 Å². The molecule has 3 unspecified atom stereocenters. The van der Waals surface area contributed by atoms with Gasteiger partial charge in [-0.2, -0.15) is 0 Å². The number of hydrogen-bond donors (Lipinski definition) is 3. The summed E-state index contributed by atoms with van der Waals surface area (Å²) in [6, 6.07) is 18.3.